The molecule has 22 heavy (non-hydrogen) atoms. The van der Waals surface area contributed by atoms with Crippen LogP contribution >= 0.6 is 0 Å². The molecule has 6 heteroatoms. The van der Waals surface area contributed by atoms with Crippen LogP contribution in [-0.2, 0) is 23.8 Å². The van der Waals surface area contributed by atoms with E-state index < -0.39 is 36.4 Å². The Balaban J connectivity index is 2.92. The van der Waals surface area contributed by atoms with Gasteiger partial charge in [-0.2, -0.15) is 0 Å². The van der Waals surface area contributed by atoms with E-state index >= 15 is 0 Å². The Morgan fingerprint density at radius 1 is 1.05 bits per heavy atom. The zero-order valence-electron chi connectivity index (χ0n) is 13.7. The topological polar surface area (TPSA) is 82.1 Å². The zero-order chi connectivity index (χ0) is 16.9. The normalized spacial score (nSPS) is 29.9. The summed E-state index contributed by atoms with van der Waals surface area (Å²) in [5.41, 5.74) is 0.850. The molecule has 124 valence electrons. The molecule has 0 amide bonds. The number of ether oxygens (including phenoxy) is 3. The molecule has 0 aromatic carbocycles. The number of rotatable bonds is 4. The predicted octanol–water partition coefficient (Wildman–Crippen LogP) is 1.52. The van der Waals surface area contributed by atoms with Crippen LogP contribution < -0.4 is 0 Å². The highest BCUT2D eigenvalue weighted by Crippen LogP contribution is 2.23. The zero-order valence-corrected chi connectivity index (χ0v) is 13.7. The van der Waals surface area contributed by atoms with Crippen molar-refractivity contribution >= 4 is 11.9 Å². The molecule has 1 aliphatic heterocycles. The lowest BCUT2D eigenvalue weighted by atomic mass is 10.0. The molecular weight excluding hydrogens is 288 g/mol. The maximum atomic E-state index is 11.9. The van der Waals surface area contributed by atoms with Crippen molar-refractivity contribution in [2.24, 2.45) is 0 Å². The number of carbonyl (C=O) groups is 2. The molecule has 0 spiro atoms. The predicted molar refractivity (Wildman–Crippen MR) is 80.0 cm³/mol. The van der Waals surface area contributed by atoms with Gasteiger partial charge in [-0.1, -0.05) is 12.2 Å². The lowest BCUT2D eigenvalue weighted by molar-refractivity contribution is -0.213. The van der Waals surface area contributed by atoms with E-state index in [1.54, 1.807) is 46.8 Å². The first-order valence-electron chi connectivity index (χ1n) is 7.29. The summed E-state index contributed by atoms with van der Waals surface area (Å²) in [6.45, 7) is 8.40. The molecule has 0 saturated carbocycles. The molecule has 2 unspecified atom stereocenters. The monoisotopic (exact) mass is 312 g/mol. The number of hydrogen-bond donors (Lipinski definition) is 1. The molecule has 4 atom stereocenters. The number of aliphatic hydroxyl groups is 1. The average Bonchev–Trinajstić information content (AvgIpc) is 2.51. The van der Waals surface area contributed by atoms with Gasteiger partial charge in [-0.15, -0.1) is 0 Å². The van der Waals surface area contributed by atoms with Gasteiger partial charge in [0.1, 0.15) is 6.10 Å². The molecule has 1 N–H and O–H groups in total. The third-order valence-electron chi connectivity index (χ3n) is 3.69. The minimum absolute atomic E-state index is 0.0185. The molecular formula is C16H24O6. The first-order valence-corrected chi connectivity index (χ1v) is 7.29. The highest BCUT2D eigenvalue weighted by atomic mass is 16.6. The molecule has 0 aliphatic carbocycles. The van der Waals surface area contributed by atoms with Gasteiger partial charge in [0.2, 0.25) is 0 Å². The van der Waals surface area contributed by atoms with Crippen molar-refractivity contribution in [3.05, 3.63) is 23.3 Å². The van der Waals surface area contributed by atoms with Gasteiger partial charge in [0, 0.05) is 11.1 Å². The first kappa shape index (κ1) is 18.4. The molecule has 0 bridgehead atoms. The van der Waals surface area contributed by atoms with Crippen LogP contribution in [0.3, 0.4) is 0 Å². The molecule has 1 heterocycles. The number of aliphatic hydroxyl groups excluding tert-OH is 1. The van der Waals surface area contributed by atoms with Crippen molar-refractivity contribution in [1.29, 1.82) is 0 Å². The van der Waals surface area contributed by atoms with Gasteiger partial charge in [0.15, 0.2) is 12.2 Å². The van der Waals surface area contributed by atoms with Crippen LogP contribution in [0.5, 0.6) is 0 Å². The van der Waals surface area contributed by atoms with Crippen LogP contribution in [-0.4, -0.2) is 48.1 Å². The van der Waals surface area contributed by atoms with Gasteiger partial charge in [-0.05, 0) is 34.6 Å². The van der Waals surface area contributed by atoms with Crippen LogP contribution in [0.2, 0.25) is 0 Å². The summed E-state index contributed by atoms with van der Waals surface area (Å²) >= 11 is 0. The van der Waals surface area contributed by atoms with E-state index in [1.165, 1.54) is 0 Å². The minimum Gasteiger partial charge on any atom is -0.452 e. The van der Waals surface area contributed by atoms with Crippen molar-refractivity contribution in [3.8, 4) is 0 Å². The van der Waals surface area contributed by atoms with Gasteiger partial charge in [-0.25, -0.2) is 9.59 Å². The highest BCUT2D eigenvalue weighted by molar-refractivity contribution is 5.88. The molecule has 0 aromatic rings. The number of esters is 2. The SMILES string of the molecule is CC=C(C)C(=O)O[C@@H]1C(O)COC(C)[C@@H]1OC(=O)C(C)=CC. The quantitative estimate of drug-likeness (QED) is 0.626. The van der Waals surface area contributed by atoms with Gasteiger partial charge in [0.25, 0.3) is 0 Å². The minimum atomic E-state index is -1.05. The maximum Gasteiger partial charge on any atom is 0.333 e. The average molecular weight is 312 g/mol. The Bertz CT molecular complexity index is 435. The Morgan fingerprint density at radius 3 is 1.95 bits per heavy atom. The van der Waals surface area contributed by atoms with Crippen LogP contribution in [0.15, 0.2) is 23.3 Å². The summed E-state index contributed by atoms with van der Waals surface area (Å²) in [7, 11) is 0. The van der Waals surface area contributed by atoms with Crippen molar-refractivity contribution in [3.63, 3.8) is 0 Å². The summed E-state index contributed by atoms with van der Waals surface area (Å²) in [5.74, 6) is -1.08. The summed E-state index contributed by atoms with van der Waals surface area (Å²) in [5, 5.41) is 10.0. The van der Waals surface area contributed by atoms with E-state index in [2.05, 4.69) is 0 Å². The van der Waals surface area contributed by atoms with Gasteiger partial charge in [0.05, 0.1) is 12.7 Å². The van der Waals surface area contributed by atoms with E-state index in [-0.39, 0.29) is 6.61 Å². The smallest absolute Gasteiger partial charge is 0.333 e. The lowest BCUT2D eigenvalue weighted by Gasteiger charge is -2.38. The lowest BCUT2D eigenvalue weighted by Crippen LogP contribution is -2.55. The number of allylic oxidation sites excluding steroid dienone is 2. The Labute approximate surface area is 130 Å². The molecule has 1 aliphatic rings. The van der Waals surface area contributed by atoms with E-state index in [1.807, 2.05) is 0 Å². The van der Waals surface area contributed by atoms with Crippen LogP contribution in [0.25, 0.3) is 0 Å². The fourth-order valence-electron chi connectivity index (χ4n) is 1.90. The Hall–Kier alpha value is -1.66. The molecule has 0 aromatic heterocycles. The summed E-state index contributed by atoms with van der Waals surface area (Å²) in [4.78, 5) is 23.9. The summed E-state index contributed by atoms with van der Waals surface area (Å²) < 4.78 is 16.0. The second-order valence-electron chi connectivity index (χ2n) is 5.29. The standard InChI is InChI=1S/C16H24O6/c1-6-9(3)15(18)21-13-11(5)20-8-12(17)14(13)22-16(19)10(4)7-2/h6-7,11-14,17H,8H2,1-5H3/t11?,12?,13-,14+/m0/s1. The van der Waals surface area contributed by atoms with Gasteiger partial charge in [-0.3, -0.25) is 0 Å². The van der Waals surface area contributed by atoms with E-state index in [9.17, 15) is 14.7 Å². The fourth-order valence-corrected chi connectivity index (χ4v) is 1.90. The van der Waals surface area contributed by atoms with Crippen molar-refractivity contribution in [2.45, 2.75) is 59.0 Å². The second-order valence-corrected chi connectivity index (χ2v) is 5.29. The third kappa shape index (κ3) is 4.42. The van der Waals surface area contributed by atoms with Crippen LogP contribution in [0.1, 0.15) is 34.6 Å². The highest BCUT2D eigenvalue weighted by Gasteiger charge is 2.43. The van der Waals surface area contributed by atoms with Gasteiger partial charge < -0.3 is 19.3 Å². The molecule has 6 nitrogen and oxygen atoms in total. The van der Waals surface area contributed by atoms with Crippen molar-refractivity contribution < 1.29 is 28.9 Å². The van der Waals surface area contributed by atoms with Crippen LogP contribution in [0.4, 0.5) is 0 Å². The van der Waals surface area contributed by atoms with E-state index in [0.717, 1.165) is 0 Å². The van der Waals surface area contributed by atoms with E-state index in [4.69, 9.17) is 14.2 Å². The third-order valence-corrected chi connectivity index (χ3v) is 3.69. The summed E-state index contributed by atoms with van der Waals surface area (Å²) in [6.07, 6.45) is -0.116. The van der Waals surface area contributed by atoms with Crippen molar-refractivity contribution in [1.82, 2.24) is 0 Å². The molecule has 1 saturated heterocycles. The molecule has 0 radical (unpaired) electrons. The van der Waals surface area contributed by atoms with Crippen molar-refractivity contribution in [2.75, 3.05) is 6.61 Å². The van der Waals surface area contributed by atoms with E-state index in [0.29, 0.717) is 11.1 Å². The summed E-state index contributed by atoms with van der Waals surface area (Å²) in [6, 6.07) is 0. The maximum absolute atomic E-state index is 11.9. The van der Waals surface area contributed by atoms with Crippen LogP contribution in [0, 0.1) is 0 Å². The largest absolute Gasteiger partial charge is 0.452 e. The fraction of sp³-hybridized carbons (Fsp3) is 0.625. The Morgan fingerprint density at radius 2 is 1.50 bits per heavy atom. The molecule has 1 rings (SSSR count). The number of carbonyl (C=O) groups excluding carboxylic acids is 2. The van der Waals surface area contributed by atoms with Gasteiger partial charge >= 0.3 is 11.9 Å². The number of hydrogen-bond acceptors (Lipinski definition) is 6. The molecule has 1 fully saturated rings. The first-order chi connectivity index (χ1) is 10.3. The Kier molecular flexibility index (Phi) is 6.77. The second kappa shape index (κ2) is 8.10.